The second kappa shape index (κ2) is 7.86. The lowest BCUT2D eigenvalue weighted by Crippen LogP contribution is -2.15. The van der Waals surface area contributed by atoms with Crippen LogP contribution in [0.4, 0.5) is 22.9 Å². The number of benzene rings is 2. The van der Waals surface area contributed by atoms with Gasteiger partial charge >= 0.3 is 0 Å². The van der Waals surface area contributed by atoms with Gasteiger partial charge in [-0.25, -0.2) is 9.97 Å². The number of hydrogen-bond donors (Lipinski definition) is 2. The molecule has 0 aliphatic heterocycles. The number of aromatic nitrogens is 2. The van der Waals surface area contributed by atoms with E-state index in [4.69, 9.17) is 0 Å². The molecule has 2 N–H and O–H groups in total. The third-order valence-corrected chi connectivity index (χ3v) is 4.19. The second-order valence-electron chi connectivity index (χ2n) is 6.63. The molecule has 0 aliphatic carbocycles. The van der Waals surface area contributed by atoms with Crippen LogP contribution in [0, 0.1) is 13.8 Å². The number of amides is 1. The molecule has 3 rings (SSSR count). The van der Waals surface area contributed by atoms with Crippen molar-refractivity contribution in [3.63, 3.8) is 0 Å². The number of nitrogens with zero attached hydrogens (tertiary/aromatic N) is 3. The van der Waals surface area contributed by atoms with Crippen molar-refractivity contribution in [3.05, 3.63) is 71.7 Å². The normalized spacial score (nSPS) is 10.4. The predicted molar refractivity (Wildman–Crippen MR) is 110 cm³/mol. The van der Waals surface area contributed by atoms with E-state index in [0.717, 1.165) is 28.2 Å². The first kappa shape index (κ1) is 18.4. The molecule has 1 heterocycles. The zero-order valence-electron chi connectivity index (χ0n) is 15.9. The molecule has 0 aliphatic rings. The van der Waals surface area contributed by atoms with Gasteiger partial charge < -0.3 is 15.5 Å². The molecule has 0 atom stereocenters. The fraction of sp³-hybridized carbons (Fsp3) is 0.190. The molecule has 0 fully saturated rings. The maximum Gasteiger partial charge on any atom is 0.274 e. The van der Waals surface area contributed by atoms with E-state index in [1.54, 1.807) is 6.07 Å². The molecule has 1 amide bonds. The quantitative estimate of drug-likeness (QED) is 0.714. The highest BCUT2D eigenvalue weighted by Crippen LogP contribution is 2.20. The Morgan fingerprint density at radius 3 is 2.37 bits per heavy atom. The van der Waals surface area contributed by atoms with Gasteiger partial charge in [-0.3, -0.25) is 4.79 Å². The van der Waals surface area contributed by atoms with Gasteiger partial charge in [0.05, 0.1) is 0 Å². The van der Waals surface area contributed by atoms with Gasteiger partial charge in [0.2, 0.25) is 0 Å². The molecule has 6 nitrogen and oxygen atoms in total. The number of rotatable bonds is 5. The molecule has 1 aromatic heterocycles. The van der Waals surface area contributed by atoms with Crippen molar-refractivity contribution >= 4 is 28.8 Å². The van der Waals surface area contributed by atoms with Gasteiger partial charge in [0.25, 0.3) is 5.91 Å². The van der Waals surface area contributed by atoms with E-state index in [-0.39, 0.29) is 5.91 Å². The van der Waals surface area contributed by atoms with Crippen LogP contribution in [0.2, 0.25) is 0 Å². The van der Waals surface area contributed by atoms with E-state index in [2.05, 4.69) is 20.6 Å². The minimum atomic E-state index is -0.268. The highest BCUT2D eigenvalue weighted by atomic mass is 16.1. The number of anilines is 4. The monoisotopic (exact) mass is 361 g/mol. The predicted octanol–water partition coefficient (Wildman–Crippen LogP) is 4.16. The van der Waals surface area contributed by atoms with Crippen LogP contribution in [-0.4, -0.2) is 30.0 Å². The summed E-state index contributed by atoms with van der Waals surface area (Å²) in [5.74, 6) is 0.295. The van der Waals surface area contributed by atoms with Gasteiger partial charge in [0.1, 0.15) is 17.8 Å². The zero-order chi connectivity index (χ0) is 19.4. The summed E-state index contributed by atoms with van der Waals surface area (Å²) in [6.45, 7) is 3.99. The summed E-state index contributed by atoms with van der Waals surface area (Å²) in [5.41, 5.74) is 5.24. The van der Waals surface area contributed by atoms with Crippen molar-refractivity contribution < 1.29 is 4.79 Å². The Morgan fingerprint density at radius 1 is 0.963 bits per heavy atom. The number of aryl methyl sites for hydroxylation is 2. The average molecular weight is 361 g/mol. The van der Waals surface area contributed by atoms with Crippen LogP contribution >= 0.6 is 0 Å². The Morgan fingerprint density at radius 2 is 1.70 bits per heavy atom. The number of carbonyl (C=O) groups excluding carboxylic acids is 1. The molecular weight excluding hydrogens is 338 g/mol. The van der Waals surface area contributed by atoms with E-state index in [1.807, 2.05) is 75.3 Å². The van der Waals surface area contributed by atoms with E-state index in [9.17, 15) is 4.79 Å². The number of carbonyl (C=O) groups is 1. The molecule has 0 saturated carbocycles. The first-order valence-corrected chi connectivity index (χ1v) is 8.67. The van der Waals surface area contributed by atoms with Crippen LogP contribution in [0.5, 0.6) is 0 Å². The van der Waals surface area contributed by atoms with Crippen LogP contribution in [0.1, 0.15) is 21.6 Å². The van der Waals surface area contributed by atoms with E-state index in [0.29, 0.717) is 11.5 Å². The summed E-state index contributed by atoms with van der Waals surface area (Å²) in [6.07, 6.45) is 1.38. The summed E-state index contributed by atoms with van der Waals surface area (Å²) in [5, 5.41) is 6.10. The van der Waals surface area contributed by atoms with Crippen molar-refractivity contribution in [1.82, 2.24) is 9.97 Å². The molecular formula is C21H23N5O. The van der Waals surface area contributed by atoms with Crippen molar-refractivity contribution in [2.24, 2.45) is 0 Å². The maximum atomic E-state index is 12.5. The molecule has 138 valence electrons. The smallest absolute Gasteiger partial charge is 0.274 e. The molecule has 27 heavy (non-hydrogen) atoms. The molecule has 3 aromatic rings. The highest BCUT2D eigenvalue weighted by molar-refractivity contribution is 6.03. The molecule has 0 saturated heterocycles. The lowest BCUT2D eigenvalue weighted by molar-refractivity contribution is 0.102. The van der Waals surface area contributed by atoms with Gasteiger partial charge in [-0.1, -0.05) is 17.7 Å². The van der Waals surface area contributed by atoms with Gasteiger partial charge in [-0.15, -0.1) is 0 Å². The fourth-order valence-corrected chi connectivity index (χ4v) is 2.68. The molecule has 0 bridgehead atoms. The number of nitrogens with one attached hydrogen (secondary N) is 2. The van der Waals surface area contributed by atoms with Gasteiger partial charge in [0, 0.05) is 37.2 Å². The lowest BCUT2D eigenvalue weighted by Gasteiger charge is -2.13. The Bertz CT molecular complexity index is 951. The van der Waals surface area contributed by atoms with Gasteiger partial charge in [0.15, 0.2) is 0 Å². The van der Waals surface area contributed by atoms with Crippen LogP contribution in [-0.2, 0) is 0 Å². The Labute approximate surface area is 159 Å². The van der Waals surface area contributed by atoms with Gasteiger partial charge in [-0.05, 0) is 49.7 Å². The van der Waals surface area contributed by atoms with Crippen LogP contribution in [0.3, 0.4) is 0 Å². The highest BCUT2D eigenvalue weighted by Gasteiger charge is 2.11. The summed E-state index contributed by atoms with van der Waals surface area (Å²) >= 11 is 0. The Hall–Kier alpha value is -3.41. The second-order valence-corrected chi connectivity index (χ2v) is 6.63. The fourth-order valence-electron chi connectivity index (χ4n) is 2.68. The minimum absolute atomic E-state index is 0.268. The SMILES string of the molecule is Cc1ccc(NC(=O)c2cc(Nc3ccc(N(C)C)cc3)ncn2)c(C)c1. The first-order valence-electron chi connectivity index (χ1n) is 8.67. The first-order chi connectivity index (χ1) is 12.9. The summed E-state index contributed by atoms with van der Waals surface area (Å²) in [6, 6.07) is 15.5. The standard InChI is InChI=1S/C21H23N5O/c1-14-5-10-18(15(2)11-14)25-21(27)19-12-20(23-13-22-19)24-16-6-8-17(9-7-16)26(3)4/h5-13H,1-4H3,(H,25,27)(H,22,23,24). The average Bonchev–Trinajstić information content (AvgIpc) is 2.64. The van der Waals surface area contributed by atoms with Crippen LogP contribution in [0.15, 0.2) is 54.9 Å². The lowest BCUT2D eigenvalue weighted by atomic mass is 10.1. The summed E-state index contributed by atoms with van der Waals surface area (Å²) < 4.78 is 0. The third-order valence-electron chi connectivity index (χ3n) is 4.19. The van der Waals surface area contributed by atoms with Crippen molar-refractivity contribution in [1.29, 1.82) is 0 Å². The number of hydrogen-bond acceptors (Lipinski definition) is 5. The largest absolute Gasteiger partial charge is 0.378 e. The van der Waals surface area contributed by atoms with E-state index >= 15 is 0 Å². The summed E-state index contributed by atoms with van der Waals surface area (Å²) in [7, 11) is 3.99. The van der Waals surface area contributed by atoms with Crippen molar-refractivity contribution in [3.8, 4) is 0 Å². The minimum Gasteiger partial charge on any atom is -0.378 e. The summed E-state index contributed by atoms with van der Waals surface area (Å²) in [4.78, 5) is 22.9. The van der Waals surface area contributed by atoms with Gasteiger partial charge in [-0.2, -0.15) is 0 Å². The Balaban J connectivity index is 1.73. The van der Waals surface area contributed by atoms with Crippen LogP contribution < -0.4 is 15.5 Å². The van der Waals surface area contributed by atoms with Crippen molar-refractivity contribution in [2.45, 2.75) is 13.8 Å². The maximum absolute atomic E-state index is 12.5. The topological polar surface area (TPSA) is 70.2 Å². The van der Waals surface area contributed by atoms with Crippen LogP contribution in [0.25, 0.3) is 0 Å². The molecule has 0 unspecified atom stereocenters. The molecule has 2 aromatic carbocycles. The van der Waals surface area contributed by atoms with Crippen molar-refractivity contribution in [2.75, 3.05) is 29.6 Å². The Kier molecular flexibility index (Phi) is 5.35. The molecule has 0 spiro atoms. The van der Waals surface area contributed by atoms with E-state index < -0.39 is 0 Å². The van der Waals surface area contributed by atoms with E-state index in [1.165, 1.54) is 6.33 Å². The molecule has 6 heteroatoms. The molecule has 0 radical (unpaired) electrons. The third kappa shape index (κ3) is 4.61. The zero-order valence-corrected chi connectivity index (χ0v) is 15.9.